The fourth-order valence-corrected chi connectivity index (χ4v) is 1.50. The van der Waals surface area contributed by atoms with Crippen LogP contribution in [0.5, 0.6) is 0 Å². The molecule has 88 valence electrons. The van der Waals surface area contributed by atoms with Crippen LogP contribution in [0.3, 0.4) is 0 Å². The number of primary amides is 1. The predicted octanol–water partition coefficient (Wildman–Crippen LogP) is 1.80. The van der Waals surface area contributed by atoms with Gasteiger partial charge in [0.05, 0.1) is 17.4 Å². The van der Waals surface area contributed by atoms with Crippen LogP contribution in [0, 0.1) is 11.3 Å². The Morgan fingerprint density at radius 1 is 1.39 bits per heavy atom. The normalized spacial score (nSPS) is 9.50. The van der Waals surface area contributed by atoms with Crippen LogP contribution in [0.15, 0.2) is 42.7 Å². The lowest BCUT2D eigenvalue weighted by atomic mass is 10.2. The Labute approximate surface area is 104 Å². The van der Waals surface area contributed by atoms with E-state index in [1.54, 1.807) is 42.7 Å². The van der Waals surface area contributed by atoms with Gasteiger partial charge in [0.25, 0.3) is 0 Å². The van der Waals surface area contributed by atoms with Crippen molar-refractivity contribution in [3.05, 3.63) is 53.9 Å². The maximum Gasteiger partial charge on any atom is 0.248 e. The minimum atomic E-state index is -0.495. The second kappa shape index (κ2) is 4.97. The average Bonchev–Trinajstić information content (AvgIpc) is 2.39. The summed E-state index contributed by atoms with van der Waals surface area (Å²) in [5.74, 6) is -0.495. The number of nitrogens with zero attached hydrogens (tertiary/aromatic N) is 2. The van der Waals surface area contributed by atoms with Gasteiger partial charge >= 0.3 is 0 Å². The number of nitrogens with two attached hydrogens (primary N) is 1. The van der Waals surface area contributed by atoms with Crippen molar-refractivity contribution in [3.63, 3.8) is 0 Å². The van der Waals surface area contributed by atoms with Crippen LogP contribution in [0.4, 0.5) is 11.4 Å². The second-order valence-electron chi connectivity index (χ2n) is 3.60. The Balaban J connectivity index is 2.32. The zero-order valence-electron chi connectivity index (χ0n) is 9.42. The van der Waals surface area contributed by atoms with Gasteiger partial charge in [-0.2, -0.15) is 5.26 Å². The molecule has 0 aliphatic heterocycles. The van der Waals surface area contributed by atoms with Crippen LogP contribution >= 0.6 is 0 Å². The molecule has 0 aliphatic carbocycles. The van der Waals surface area contributed by atoms with Crippen molar-refractivity contribution < 1.29 is 4.79 Å². The summed E-state index contributed by atoms with van der Waals surface area (Å²) in [5.41, 5.74) is 7.35. The Morgan fingerprint density at radius 3 is 2.94 bits per heavy atom. The first kappa shape index (κ1) is 11.6. The van der Waals surface area contributed by atoms with E-state index < -0.39 is 5.91 Å². The molecule has 0 spiro atoms. The number of benzene rings is 1. The summed E-state index contributed by atoms with van der Waals surface area (Å²) in [4.78, 5) is 15.0. The maximum atomic E-state index is 11.1. The Bertz CT molecular complexity index is 631. The molecule has 5 nitrogen and oxygen atoms in total. The van der Waals surface area contributed by atoms with E-state index in [0.29, 0.717) is 22.5 Å². The van der Waals surface area contributed by atoms with Crippen LogP contribution < -0.4 is 11.1 Å². The third-order valence-electron chi connectivity index (χ3n) is 2.37. The monoisotopic (exact) mass is 238 g/mol. The molecular formula is C13H10N4O. The number of aromatic nitrogens is 1. The SMILES string of the molecule is N#Cc1ccncc1Nc1cccc(C(N)=O)c1. The average molecular weight is 238 g/mol. The quantitative estimate of drug-likeness (QED) is 0.852. The van der Waals surface area contributed by atoms with Crippen LogP contribution in [0.1, 0.15) is 15.9 Å². The van der Waals surface area contributed by atoms with E-state index in [2.05, 4.69) is 16.4 Å². The van der Waals surface area contributed by atoms with Gasteiger partial charge in [0.1, 0.15) is 6.07 Å². The van der Waals surface area contributed by atoms with Gasteiger partial charge in [-0.3, -0.25) is 9.78 Å². The first-order chi connectivity index (χ1) is 8.70. The summed E-state index contributed by atoms with van der Waals surface area (Å²) in [6, 6.07) is 10.4. The largest absolute Gasteiger partial charge is 0.366 e. The Morgan fingerprint density at radius 2 is 2.22 bits per heavy atom. The Kier molecular flexibility index (Phi) is 3.21. The molecule has 0 fully saturated rings. The lowest BCUT2D eigenvalue weighted by Crippen LogP contribution is -2.10. The number of amides is 1. The van der Waals surface area contributed by atoms with E-state index in [4.69, 9.17) is 11.0 Å². The number of hydrogen-bond donors (Lipinski definition) is 2. The number of hydrogen-bond acceptors (Lipinski definition) is 4. The summed E-state index contributed by atoms with van der Waals surface area (Å²) < 4.78 is 0. The zero-order chi connectivity index (χ0) is 13.0. The van der Waals surface area contributed by atoms with Gasteiger partial charge in [0, 0.05) is 17.4 Å². The third kappa shape index (κ3) is 2.44. The number of nitriles is 1. The van der Waals surface area contributed by atoms with Crippen LogP contribution in [-0.4, -0.2) is 10.9 Å². The molecule has 0 atom stereocenters. The molecule has 3 N–H and O–H groups in total. The minimum absolute atomic E-state index is 0.405. The van der Waals surface area contributed by atoms with Gasteiger partial charge in [-0.15, -0.1) is 0 Å². The molecule has 0 saturated heterocycles. The molecule has 0 bridgehead atoms. The fourth-order valence-electron chi connectivity index (χ4n) is 1.50. The predicted molar refractivity (Wildman–Crippen MR) is 67.2 cm³/mol. The fraction of sp³-hybridized carbons (Fsp3) is 0. The van der Waals surface area contributed by atoms with Crippen molar-refractivity contribution in [3.8, 4) is 6.07 Å². The molecule has 2 rings (SSSR count). The number of anilines is 2. The van der Waals surface area contributed by atoms with E-state index in [1.165, 1.54) is 0 Å². The van der Waals surface area contributed by atoms with E-state index in [-0.39, 0.29) is 0 Å². The van der Waals surface area contributed by atoms with Gasteiger partial charge in [0.15, 0.2) is 0 Å². The highest BCUT2D eigenvalue weighted by atomic mass is 16.1. The van der Waals surface area contributed by atoms with Crippen molar-refractivity contribution in [2.24, 2.45) is 5.73 Å². The lowest BCUT2D eigenvalue weighted by Gasteiger charge is -2.08. The molecule has 1 aromatic carbocycles. The third-order valence-corrected chi connectivity index (χ3v) is 2.37. The first-order valence-corrected chi connectivity index (χ1v) is 5.21. The van der Waals surface area contributed by atoms with Gasteiger partial charge in [-0.05, 0) is 24.3 Å². The van der Waals surface area contributed by atoms with Crippen molar-refractivity contribution in [1.82, 2.24) is 4.98 Å². The van der Waals surface area contributed by atoms with Crippen LogP contribution in [0.2, 0.25) is 0 Å². The summed E-state index contributed by atoms with van der Waals surface area (Å²) in [6.07, 6.45) is 3.10. The number of rotatable bonds is 3. The number of pyridine rings is 1. The van der Waals surface area contributed by atoms with Gasteiger partial charge in [-0.25, -0.2) is 0 Å². The first-order valence-electron chi connectivity index (χ1n) is 5.21. The lowest BCUT2D eigenvalue weighted by molar-refractivity contribution is 0.100. The minimum Gasteiger partial charge on any atom is -0.366 e. The summed E-state index contributed by atoms with van der Waals surface area (Å²) in [7, 11) is 0. The molecule has 0 aliphatic rings. The number of carbonyl (C=O) groups is 1. The van der Waals surface area contributed by atoms with E-state index in [9.17, 15) is 4.79 Å². The van der Waals surface area contributed by atoms with Crippen molar-refractivity contribution in [2.45, 2.75) is 0 Å². The summed E-state index contributed by atoms with van der Waals surface area (Å²) >= 11 is 0. The number of carbonyl (C=O) groups excluding carboxylic acids is 1. The topological polar surface area (TPSA) is 91.8 Å². The molecular weight excluding hydrogens is 228 g/mol. The van der Waals surface area contributed by atoms with Gasteiger partial charge < -0.3 is 11.1 Å². The van der Waals surface area contributed by atoms with E-state index in [0.717, 1.165) is 0 Å². The molecule has 1 heterocycles. The highest BCUT2D eigenvalue weighted by Crippen LogP contribution is 2.19. The molecule has 5 heteroatoms. The van der Waals surface area contributed by atoms with Crippen LogP contribution in [0.25, 0.3) is 0 Å². The smallest absolute Gasteiger partial charge is 0.248 e. The Hall–Kier alpha value is -2.87. The maximum absolute atomic E-state index is 11.1. The van der Waals surface area contributed by atoms with E-state index >= 15 is 0 Å². The summed E-state index contributed by atoms with van der Waals surface area (Å²) in [6.45, 7) is 0. The highest BCUT2D eigenvalue weighted by molar-refractivity contribution is 5.93. The molecule has 0 radical (unpaired) electrons. The molecule has 1 amide bonds. The van der Waals surface area contributed by atoms with Crippen molar-refractivity contribution >= 4 is 17.3 Å². The van der Waals surface area contributed by atoms with E-state index in [1.807, 2.05) is 0 Å². The van der Waals surface area contributed by atoms with Gasteiger partial charge in [-0.1, -0.05) is 6.07 Å². The van der Waals surface area contributed by atoms with Crippen molar-refractivity contribution in [2.75, 3.05) is 5.32 Å². The van der Waals surface area contributed by atoms with Gasteiger partial charge in [0.2, 0.25) is 5.91 Å². The molecule has 0 saturated carbocycles. The van der Waals surface area contributed by atoms with Crippen molar-refractivity contribution in [1.29, 1.82) is 5.26 Å². The summed E-state index contributed by atoms with van der Waals surface area (Å²) in [5, 5.41) is 12.0. The molecule has 18 heavy (non-hydrogen) atoms. The molecule has 0 unspecified atom stereocenters. The number of nitrogens with one attached hydrogen (secondary N) is 1. The molecule has 1 aromatic heterocycles. The second-order valence-corrected chi connectivity index (χ2v) is 3.60. The standard InChI is InChI=1S/C13H10N4O/c14-7-10-4-5-16-8-12(10)17-11-3-1-2-9(6-11)13(15)18/h1-6,8,17H,(H2,15,18). The highest BCUT2D eigenvalue weighted by Gasteiger charge is 2.04. The van der Waals surface area contributed by atoms with Crippen LogP contribution in [-0.2, 0) is 0 Å². The molecule has 2 aromatic rings. The zero-order valence-corrected chi connectivity index (χ0v) is 9.42.